The number of aryl methyl sites for hydroxylation is 2. The van der Waals surface area contributed by atoms with Gasteiger partial charge in [0.05, 0.1) is 6.04 Å². The van der Waals surface area contributed by atoms with E-state index in [1.54, 1.807) is 0 Å². The van der Waals surface area contributed by atoms with Crippen LogP contribution in [-0.4, -0.2) is 55.9 Å². The quantitative estimate of drug-likeness (QED) is 0.769. The van der Waals surface area contributed by atoms with Crippen LogP contribution < -0.4 is 9.80 Å². The number of piperazine rings is 1. The van der Waals surface area contributed by atoms with Crippen LogP contribution >= 0.6 is 0 Å². The molecule has 1 unspecified atom stereocenters. The Morgan fingerprint density at radius 2 is 1.54 bits per heavy atom. The molecular formula is C23H27N3O2. The van der Waals surface area contributed by atoms with Gasteiger partial charge in [-0.1, -0.05) is 6.07 Å². The van der Waals surface area contributed by atoms with E-state index in [2.05, 4.69) is 41.8 Å². The highest BCUT2D eigenvalue weighted by molar-refractivity contribution is 5.94. The van der Waals surface area contributed by atoms with Gasteiger partial charge in [0, 0.05) is 49.7 Å². The second-order valence-electron chi connectivity index (χ2n) is 7.86. The first-order chi connectivity index (χ1) is 13.5. The van der Waals surface area contributed by atoms with Crippen LogP contribution in [0.2, 0.25) is 0 Å². The molecular weight excluding hydrogens is 350 g/mol. The molecule has 1 atom stereocenters. The minimum atomic E-state index is -0.0140. The fourth-order valence-electron chi connectivity index (χ4n) is 4.15. The molecule has 0 spiro atoms. The lowest BCUT2D eigenvalue weighted by atomic mass is 10.0. The largest absolute Gasteiger partial charge is 0.368 e. The molecule has 0 aromatic heterocycles. The number of rotatable bonds is 4. The second kappa shape index (κ2) is 7.66. The Morgan fingerprint density at radius 1 is 0.893 bits per heavy atom. The van der Waals surface area contributed by atoms with E-state index >= 15 is 0 Å². The lowest BCUT2D eigenvalue weighted by Crippen LogP contribution is -2.49. The van der Waals surface area contributed by atoms with Gasteiger partial charge in [-0.15, -0.1) is 0 Å². The Morgan fingerprint density at radius 3 is 2.07 bits per heavy atom. The van der Waals surface area contributed by atoms with Gasteiger partial charge in [0.1, 0.15) is 6.29 Å². The Labute approximate surface area is 166 Å². The van der Waals surface area contributed by atoms with Gasteiger partial charge in [0.2, 0.25) is 0 Å². The van der Waals surface area contributed by atoms with Gasteiger partial charge in [-0.25, -0.2) is 0 Å². The van der Waals surface area contributed by atoms with Gasteiger partial charge in [0.15, 0.2) is 0 Å². The highest BCUT2D eigenvalue weighted by Crippen LogP contribution is 2.26. The maximum absolute atomic E-state index is 12.9. The summed E-state index contributed by atoms with van der Waals surface area (Å²) >= 11 is 0. The summed E-state index contributed by atoms with van der Waals surface area (Å²) in [5.74, 6) is 0.0853. The van der Waals surface area contributed by atoms with Crippen LogP contribution in [-0.2, 0) is 4.79 Å². The number of anilines is 2. The number of nitrogens with zero attached hydrogens (tertiary/aromatic N) is 3. The van der Waals surface area contributed by atoms with E-state index in [0.717, 1.165) is 51.1 Å². The number of hydrogen-bond acceptors (Lipinski definition) is 4. The molecule has 2 heterocycles. The molecule has 2 aliphatic rings. The van der Waals surface area contributed by atoms with E-state index in [9.17, 15) is 9.59 Å². The lowest BCUT2D eigenvalue weighted by molar-refractivity contribution is -0.109. The Bertz CT molecular complexity index is 850. The van der Waals surface area contributed by atoms with Gasteiger partial charge >= 0.3 is 0 Å². The molecule has 1 amide bonds. The summed E-state index contributed by atoms with van der Waals surface area (Å²) in [5.41, 5.74) is 5.51. The van der Waals surface area contributed by atoms with Crippen molar-refractivity contribution < 1.29 is 9.59 Å². The molecule has 0 N–H and O–H groups in total. The van der Waals surface area contributed by atoms with Crippen LogP contribution in [0.4, 0.5) is 11.4 Å². The van der Waals surface area contributed by atoms with Gasteiger partial charge < -0.3 is 19.5 Å². The van der Waals surface area contributed by atoms with Crippen molar-refractivity contribution in [3.63, 3.8) is 0 Å². The minimum absolute atomic E-state index is 0.0140. The van der Waals surface area contributed by atoms with Gasteiger partial charge in [-0.05, 0) is 67.8 Å². The average Bonchev–Trinajstić information content (AvgIpc) is 2.67. The number of carbonyl (C=O) groups excluding carboxylic acids is 2. The maximum atomic E-state index is 12.9. The first-order valence-electron chi connectivity index (χ1n) is 9.99. The molecule has 2 saturated heterocycles. The summed E-state index contributed by atoms with van der Waals surface area (Å²) < 4.78 is 0. The average molecular weight is 377 g/mol. The number of hydrogen-bond donors (Lipinski definition) is 0. The fourth-order valence-corrected chi connectivity index (χ4v) is 4.15. The third kappa shape index (κ3) is 3.61. The van der Waals surface area contributed by atoms with Gasteiger partial charge in [0.25, 0.3) is 5.91 Å². The summed E-state index contributed by atoms with van der Waals surface area (Å²) in [4.78, 5) is 30.3. The molecule has 0 aliphatic carbocycles. The van der Waals surface area contributed by atoms with E-state index < -0.39 is 0 Å². The molecule has 5 nitrogen and oxygen atoms in total. The van der Waals surface area contributed by atoms with Crippen LogP contribution in [0.25, 0.3) is 0 Å². The van der Waals surface area contributed by atoms with E-state index in [0.29, 0.717) is 5.56 Å². The summed E-state index contributed by atoms with van der Waals surface area (Å²) in [5, 5.41) is 0. The Balaban J connectivity index is 1.38. The first-order valence-corrected chi connectivity index (χ1v) is 9.99. The SMILES string of the molecule is Cc1cc(C)cc(N2CCN(C(=O)c3ccc(N4CCC4C=O)cc3)CC2)c1. The zero-order valence-corrected chi connectivity index (χ0v) is 16.6. The van der Waals surface area contributed by atoms with Crippen molar-refractivity contribution in [2.75, 3.05) is 42.5 Å². The molecule has 2 fully saturated rings. The topological polar surface area (TPSA) is 43.9 Å². The summed E-state index contributed by atoms with van der Waals surface area (Å²) in [6.45, 7) is 8.30. The second-order valence-corrected chi connectivity index (χ2v) is 7.86. The summed E-state index contributed by atoms with van der Waals surface area (Å²) in [6.07, 6.45) is 1.91. The van der Waals surface area contributed by atoms with Crippen LogP contribution in [0.1, 0.15) is 27.9 Å². The monoisotopic (exact) mass is 377 g/mol. The van der Waals surface area contributed by atoms with Gasteiger partial charge in [-0.2, -0.15) is 0 Å². The van der Waals surface area contributed by atoms with Crippen molar-refractivity contribution in [3.8, 4) is 0 Å². The van der Waals surface area contributed by atoms with Crippen molar-refractivity contribution in [2.24, 2.45) is 0 Å². The van der Waals surface area contributed by atoms with Crippen molar-refractivity contribution in [1.29, 1.82) is 0 Å². The van der Waals surface area contributed by atoms with E-state index in [1.807, 2.05) is 29.2 Å². The van der Waals surface area contributed by atoms with Crippen LogP contribution in [0, 0.1) is 13.8 Å². The first kappa shape index (κ1) is 18.5. The molecule has 28 heavy (non-hydrogen) atoms. The molecule has 146 valence electrons. The lowest BCUT2D eigenvalue weighted by Gasteiger charge is -2.39. The van der Waals surface area contributed by atoms with Crippen LogP contribution in [0.5, 0.6) is 0 Å². The number of amides is 1. The van der Waals surface area contributed by atoms with Crippen molar-refractivity contribution in [3.05, 3.63) is 59.2 Å². The van der Waals surface area contributed by atoms with E-state index in [-0.39, 0.29) is 11.9 Å². The molecule has 0 saturated carbocycles. The third-order valence-corrected chi connectivity index (χ3v) is 5.81. The maximum Gasteiger partial charge on any atom is 0.253 e. The highest BCUT2D eigenvalue weighted by Gasteiger charge is 2.28. The molecule has 4 rings (SSSR count). The van der Waals surface area contributed by atoms with Crippen LogP contribution in [0.3, 0.4) is 0 Å². The molecule has 0 bridgehead atoms. The Hall–Kier alpha value is -2.82. The predicted molar refractivity (Wildman–Crippen MR) is 112 cm³/mol. The van der Waals surface area contributed by atoms with Crippen molar-refractivity contribution in [1.82, 2.24) is 4.90 Å². The predicted octanol–water partition coefficient (Wildman–Crippen LogP) is 3.04. The molecule has 5 heteroatoms. The zero-order chi connectivity index (χ0) is 19.7. The number of aldehydes is 1. The van der Waals surface area contributed by atoms with E-state index in [1.165, 1.54) is 16.8 Å². The molecule has 2 aliphatic heterocycles. The van der Waals surface area contributed by atoms with Gasteiger partial charge in [-0.3, -0.25) is 4.79 Å². The summed E-state index contributed by atoms with van der Waals surface area (Å²) in [7, 11) is 0. The molecule has 0 radical (unpaired) electrons. The number of carbonyl (C=O) groups is 2. The highest BCUT2D eigenvalue weighted by atomic mass is 16.2. The normalized spacial score (nSPS) is 19.4. The zero-order valence-electron chi connectivity index (χ0n) is 16.6. The van der Waals surface area contributed by atoms with Crippen molar-refractivity contribution in [2.45, 2.75) is 26.3 Å². The third-order valence-electron chi connectivity index (χ3n) is 5.81. The smallest absolute Gasteiger partial charge is 0.253 e. The molecule has 2 aromatic rings. The Kier molecular flexibility index (Phi) is 5.07. The number of benzene rings is 2. The standard InChI is InChI=1S/C23H27N3O2/c1-17-13-18(2)15-22(14-17)24-9-11-25(12-10-24)23(28)19-3-5-20(6-4-19)26-8-7-21(26)16-27/h3-6,13-16,21H,7-12H2,1-2H3. The van der Waals surface area contributed by atoms with E-state index in [4.69, 9.17) is 0 Å². The molecule has 2 aromatic carbocycles. The fraction of sp³-hybridized carbons (Fsp3) is 0.391. The van der Waals surface area contributed by atoms with Crippen molar-refractivity contribution >= 4 is 23.6 Å². The van der Waals surface area contributed by atoms with Crippen LogP contribution in [0.15, 0.2) is 42.5 Å². The summed E-state index contributed by atoms with van der Waals surface area (Å²) in [6, 6.07) is 14.3. The minimum Gasteiger partial charge on any atom is -0.368 e.